The minimum atomic E-state index is -0.198. The second kappa shape index (κ2) is 8.46. The van der Waals surface area contributed by atoms with E-state index in [0.717, 1.165) is 16.6 Å². The standard InChI is InChI=1S/C22H16Cl3N3O/c23-15-10-8-14(9-11-15)22(29)26-12-21-27-19-6-1-2-7-20(19)28(21)13-16-17(24)4-3-5-18(16)25/h1-11H,12-13H2,(H,26,29). The van der Waals surface area contributed by atoms with Crippen molar-refractivity contribution in [2.45, 2.75) is 13.1 Å². The van der Waals surface area contributed by atoms with Gasteiger partial charge >= 0.3 is 0 Å². The van der Waals surface area contributed by atoms with Crippen molar-refractivity contribution in [3.05, 3.63) is 98.7 Å². The lowest BCUT2D eigenvalue weighted by Crippen LogP contribution is -2.24. The summed E-state index contributed by atoms with van der Waals surface area (Å²) in [5.41, 5.74) is 3.13. The van der Waals surface area contributed by atoms with Crippen molar-refractivity contribution < 1.29 is 4.79 Å². The average molecular weight is 445 g/mol. The fourth-order valence-corrected chi connectivity index (χ4v) is 3.78. The summed E-state index contributed by atoms with van der Waals surface area (Å²) >= 11 is 18.6. The quantitative estimate of drug-likeness (QED) is 0.412. The zero-order valence-electron chi connectivity index (χ0n) is 15.2. The summed E-state index contributed by atoms with van der Waals surface area (Å²) in [5.74, 6) is 0.514. The Balaban J connectivity index is 1.64. The van der Waals surface area contributed by atoms with Crippen molar-refractivity contribution in [2.75, 3.05) is 0 Å². The van der Waals surface area contributed by atoms with Crippen LogP contribution in [0, 0.1) is 0 Å². The first kappa shape index (κ1) is 19.8. The normalized spacial score (nSPS) is 11.0. The number of amides is 1. The molecular weight excluding hydrogens is 429 g/mol. The molecule has 0 spiro atoms. The van der Waals surface area contributed by atoms with Crippen molar-refractivity contribution in [3.8, 4) is 0 Å². The fourth-order valence-electron chi connectivity index (χ4n) is 3.14. The Kier molecular flexibility index (Phi) is 5.76. The molecule has 0 saturated heterocycles. The van der Waals surface area contributed by atoms with E-state index in [-0.39, 0.29) is 12.5 Å². The van der Waals surface area contributed by atoms with E-state index in [4.69, 9.17) is 34.8 Å². The average Bonchev–Trinajstić information content (AvgIpc) is 3.07. The van der Waals surface area contributed by atoms with Crippen molar-refractivity contribution in [1.29, 1.82) is 0 Å². The monoisotopic (exact) mass is 443 g/mol. The van der Waals surface area contributed by atoms with E-state index < -0.39 is 0 Å². The Morgan fingerprint density at radius 3 is 2.31 bits per heavy atom. The van der Waals surface area contributed by atoms with Crippen LogP contribution in [0.3, 0.4) is 0 Å². The van der Waals surface area contributed by atoms with Crippen LogP contribution in [0.4, 0.5) is 0 Å². The summed E-state index contributed by atoms with van der Waals surface area (Å²) in [6, 6.07) is 20.0. The molecule has 0 atom stereocenters. The fraction of sp³-hybridized carbons (Fsp3) is 0.0909. The summed E-state index contributed by atoms with van der Waals surface area (Å²) < 4.78 is 2.02. The molecule has 0 saturated carbocycles. The number of aromatic nitrogens is 2. The van der Waals surface area contributed by atoms with E-state index >= 15 is 0 Å². The molecule has 0 aliphatic rings. The molecule has 29 heavy (non-hydrogen) atoms. The molecule has 4 rings (SSSR count). The number of hydrogen-bond acceptors (Lipinski definition) is 2. The first-order valence-electron chi connectivity index (χ1n) is 8.94. The van der Waals surface area contributed by atoms with E-state index in [2.05, 4.69) is 10.3 Å². The maximum absolute atomic E-state index is 12.5. The van der Waals surface area contributed by atoms with Crippen molar-refractivity contribution >= 4 is 51.7 Å². The lowest BCUT2D eigenvalue weighted by molar-refractivity contribution is 0.0949. The third-order valence-corrected chi connectivity index (χ3v) is 5.59. The highest BCUT2D eigenvalue weighted by molar-refractivity contribution is 6.36. The summed E-state index contributed by atoms with van der Waals surface area (Å²) in [4.78, 5) is 17.2. The van der Waals surface area contributed by atoms with Crippen LogP contribution < -0.4 is 5.32 Å². The smallest absolute Gasteiger partial charge is 0.251 e. The number of imidazole rings is 1. The number of halogens is 3. The van der Waals surface area contributed by atoms with Gasteiger partial charge in [0.25, 0.3) is 5.91 Å². The van der Waals surface area contributed by atoms with Crippen molar-refractivity contribution in [2.24, 2.45) is 0 Å². The molecule has 3 aromatic carbocycles. The second-order valence-electron chi connectivity index (χ2n) is 6.49. The van der Waals surface area contributed by atoms with Crippen LogP contribution in [0.5, 0.6) is 0 Å². The number of hydrogen-bond donors (Lipinski definition) is 1. The molecule has 1 aromatic heterocycles. The number of rotatable bonds is 5. The van der Waals surface area contributed by atoms with Gasteiger partial charge in [-0.05, 0) is 48.5 Å². The topological polar surface area (TPSA) is 46.9 Å². The Morgan fingerprint density at radius 1 is 0.897 bits per heavy atom. The molecule has 1 heterocycles. The highest BCUT2D eigenvalue weighted by Gasteiger charge is 2.15. The predicted octanol–water partition coefficient (Wildman–Crippen LogP) is 5.97. The number of carbonyl (C=O) groups is 1. The zero-order valence-corrected chi connectivity index (χ0v) is 17.5. The molecule has 4 aromatic rings. The van der Waals surface area contributed by atoms with Gasteiger partial charge in [0.05, 0.1) is 24.1 Å². The van der Waals surface area contributed by atoms with E-state index in [1.165, 1.54) is 0 Å². The maximum atomic E-state index is 12.5. The molecule has 0 aliphatic heterocycles. The third-order valence-electron chi connectivity index (χ3n) is 4.62. The van der Waals surface area contributed by atoms with E-state index in [1.807, 2.05) is 47.0 Å². The lowest BCUT2D eigenvalue weighted by Gasteiger charge is -2.13. The van der Waals surface area contributed by atoms with Gasteiger partial charge in [-0.3, -0.25) is 4.79 Å². The summed E-state index contributed by atoms with van der Waals surface area (Å²) in [6.07, 6.45) is 0. The third kappa shape index (κ3) is 4.25. The number of nitrogens with one attached hydrogen (secondary N) is 1. The highest BCUT2D eigenvalue weighted by atomic mass is 35.5. The van der Waals surface area contributed by atoms with E-state index in [9.17, 15) is 4.79 Å². The minimum absolute atomic E-state index is 0.198. The largest absolute Gasteiger partial charge is 0.345 e. The van der Waals surface area contributed by atoms with Gasteiger partial charge < -0.3 is 9.88 Å². The van der Waals surface area contributed by atoms with Crippen LogP contribution in [0.15, 0.2) is 66.7 Å². The van der Waals surface area contributed by atoms with Gasteiger partial charge in [0.1, 0.15) is 5.82 Å². The molecule has 146 valence electrons. The molecule has 4 nitrogen and oxygen atoms in total. The van der Waals surface area contributed by atoms with Gasteiger partial charge in [0.2, 0.25) is 0 Å². The van der Waals surface area contributed by atoms with Gasteiger partial charge in [-0.15, -0.1) is 0 Å². The number of benzene rings is 3. The lowest BCUT2D eigenvalue weighted by atomic mass is 10.2. The Hall–Kier alpha value is -2.53. The molecule has 7 heteroatoms. The van der Waals surface area contributed by atoms with Crippen molar-refractivity contribution in [1.82, 2.24) is 14.9 Å². The number of para-hydroxylation sites is 2. The summed E-state index contributed by atoms with van der Waals surface area (Å²) in [7, 11) is 0. The molecule has 0 fully saturated rings. The second-order valence-corrected chi connectivity index (χ2v) is 7.74. The molecule has 0 unspecified atom stereocenters. The molecule has 1 N–H and O–H groups in total. The molecule has 0 aliphatic carbocycles. The van der Waals surface area contributed by atoms with E-state index in [0.29, 0.717) is 33.0 Å². The Bertz CT molecular complexity index is 1170. The first-order valence-corrected chi connectivity index (χ1v) is 10.1. The summed E-state index contributed by atoms with van der Waals surface area (Å²) in [5, 5.41) is 4.68. The first-order chi connectivity index (χ1) is 14.0. The van der Waals surface area contributed by atoms with Gasteiger partial charge in [-0.1, -0.05) is 53.0 Å². The minimum Gasteiger partial charge on any atom is -0.345 e. The van der Waals surface area contributed by atoms with Gasteiger partial charge in [0, 0.05) is 26.2 Å². The van der Waals surface area contributed by atoms with Gasteiger partial charge in [-0.2, -0.15) is 0 Å². The Morgan fingerprint density at radius 2 is 1.59 bits per heavy atom. The van der Waals surface area contributed by atoms with Crippen LogP contribution >= 0.6 is 34.8 Å². The number of carbonyl (C=O) groups excluding carboxylic acids is 1. The van der Waals surface area contributed by atoms with Crippen LogP contribution in [0.1, 0.15) is 21.7 Å². The number of nitrogens with zero attached hydrogens (tertiary/aromatic N) is 2. The zero-order chi connectivity index (χ0) is 20.4. The summed E-state index contributed by atoms with van der Waals surface area (Å²) in [6.45, 7) is 0.712. The SMILES string of the molecule is O=C(NCc1nc2ccccc2n1Cc1c(Cl)cccc1Cl)c1ccc(Cl)cc1. The maximum Gasteiger partial charge on any atom is 0.251 e. The number of fused-ring (bicyclic) bond motifs is 1. The molecule has 1 amide bonds. The molecule has 0 radical (unpaired) electrons. The molecular formula is C22H16Cl3N3O. The van der Waals surface area contributed by atoms with Crippen molar-refractivity contribution in [3.63, 3.8) is 0 Å². The van der Waals surface area contributed by atoms with E-state index in [1.54, 1.807) is 24.3 Å². The van der Waals surface area contributed by atoms with Gasteiger partial charge in [0.15, 0.2) is 0 Å². The van der Waals surface area contributed by atoms with Crippen LogP contribution in [0.25, 0.3) is 11.0 Å². The van der Waals surface area contributed by atoms with Gasteiger partial charge in [-0.25, -0.2) is 4.98 Å². The molecule has 0 bridgehead atoms. The van der Waals surface area contributed by atoms with Crippen LogP contribution in [-0.2, 0) is 13.1 Å². The highest BCUT2D eigenvalue weighted by Crippen LogP contribution is 2.27. The van der Waals surface area contributed by atoms with Crippen LogP contribution in [0.2, 0.25) is 15.1 Å². The predicted molar refractivity (Wildman–Crippen MR) is 118 cm³/mol. The van der Waals surface area contributed by atoms with Crippen LogP contribution in [-0.4, -0.2) is 15.5 Å². The Labute approximate surface area is 183 Å².